The number of fused-ring (bicyclic) bond motifs is 2. The minimum atomic E-state index is -0.417. The van der Waals surface area contributed by atoms with Crippen LogP contribution in [0.1, 0.15) is 5.69 Å². The molecule has 5 heterocycles. The molecule has 10 nitrogen and oxygen atoms in total. The van der Waals surface area contributed by atoms with E-state index < -0.39 is 6.10 Å². The van der Waals surface area contributed by atoms with Gasteiger partial charge in [0.1, 0.15) is 18.7 Å². The molecule has 1 fully saturated rings. The van der Waals surface area contributed by atoms with Crippen LogP contribution in [-0.2, 0) is 13.1 Å². The van der Waals surface area contributed by atoms with E-state index in [4.69, 9.17) is 9.47 Å². The quantitative estimate of drug-likeness (QED) is 0.528. The van der Waals surface area contributed by atoms with Crippen LogP contribution in [0.15, 0.2) is 41.6 Å². The predicted octanol–water partition coefficient (Wildman–Crippen LogP) is 0.0402. The fourth-order valence-corrected chi connectivity index (χ4v) is 4.25. The summed E-state index contributed by atoms with van der Waals surface area (Å²) in [5.41, 5.74) is 1.99. The molecule has 1 unspecified atom stereocenters. The predicted molar refractivity (Wildman–Crippen MR) is 117 cm³/mol. The van der Waals surface area contributed by atoms with Crippen molar-refractivity contribution in [3.63, 3.8) is 0 Å². The number of hydrogen-bond donors (Lipinski definition) is 2. The van der Waals surface area contributed by atoms with Gasteiger partial charge in [-0.25, -0.2) is 9.97 Å². The molecule has 2 atom stereocenters. The molecule has 32 heavy (non-hydrogen) atoms. The SMILES string of the molecule is O=c1cnc2cccnc2n1CCN1CC(O)[C@@H](CNCc2cc3c(cn2)OCCO3)C1. The van der Waals surface area contributed by atoms with Crippen LogP contribution in [0, 0.1) is 5.92 Å². The van der Waals surface area contributed by atoms with Crippen LogP contribution in [-0.4, -0.2) is 75.0 Å². The smallest absolute Gasteiger partial charge is 0.270 e. The first-order valence-corrected chi connectivity index (χ1v) is 10.8. The summed E-state index contributed by atoms with van der Waals surface area (Å²) in [5, 5.41) is 13.9. The van der Waals surface area contributed by atoms with Crippen LogP contribution >= 0.6 is 0 Å². The van der Waals surface area contributed by atoms with Crippen molar-refractivity contribution in [2.24, 2.45) is 5.92 Å². The van der Waals surface area contributed by atoms with Gasteiger partial charge in [-0.1, -0.05) is 0 Å². The molecular weight excluding hydrogens is 412 g/mol. The zero-order chi connectivity index (χ0) is 21.9. The van der Waals surface area contributed by atoms with E-state index in [1.54, 1.807) is 23.0 Å². The molecule has 5 rings (SSSR count). The Kier molecular flexibility index (Phi) is 5.97. The number of ether oxygens (including phenoxy) is 2. The van der Waals surface area contributed by atoms with E-state index in [-0.39, 0.29) is 11.5 Å². The topological polar surface area (TPSA) is 115 Å². The third kappa shape index (κ3) is 4.43. The molecular formula is C22H26N6O4. The molecule has 3 aromatic heterocycles. The van der Waals surface area contributed by atoms with Gasteiger partial charge in [0.15, 0.2) is 17.1 Å². The zero-order valence-corrected chi connectivity index (χ0v) is 17.7. The molecule has 0 saturated carbocycles. The van der Waals surface area contributed by atoms with Gasteiger partial charge in [-0.2, -0.15) is 0 Å². The number of pyridine rings is 2. The van der Waals surface area contributed by atoms with Gasteiger partial charge in [-0.05, 0) is 12.1 Å². The lowest BCUT2D eigenvalue weighted by Gasteiger charge is -2.19. The van der Waals surface area contributed by atoms with Crippen molar-refractivity contribution in [3.05, 3.63) is 52.8 Å². The van der Waals surface area contributed by atoms with Crippen molar-refractivity contribution in [1.82, 2.24) is 29.7 Å². The lowest BCUT2D eigenvalue weighted by atomic mass is 10.1. The second-order valence-corrected chi connectivity index (χ2v) is 8.13. The summed E-state index contributed by atoms with van der Waals surface area (Å²) < 4.78 is 12.7. The Balaban J connectivity index is 1.14. The number of rotatable bonds is 7. The van der Waals surface area contributed by atoms with Gasteiger partial charge in [0, 0.05) is 57.4 Å². The van der Waals surface area contributed by atoms with Crippen molar-refractivity contribution in [1.29, 1.82) is 0 Å². The van der Waals surface area contributed by atoms with Crippen molar-refractivity contribution in [2.75, 3.05) is 39.4 Å². The molecule has 0 aromatic carbocycles. The van der Waals surface area contributed by atoms with Crippen molar-refractivity contribution < 1.29 is 14.6 Å². The maximum absolute atomic E-state index is 12.3. The van der Waals surface area contributed by atoms with Gasteiger partial charge in [0.25, 0.3) is 5.56 Å². The van der Waals surface area contributed by atoms with E-state index in [0.29, 0.717) is 62.9 Å². The number of aromatic nitrogens is 4. The van der Waals surface area contributed by atoms with Gasteiger partial charge in [-0.15, -0.1) is 0 Å². The Morgan fingerprint density at radius 1 is 1.09 bits per heavy atom. The first kappa shape index (κ1) is 20.8. The molecule has 0 bridgehead atoms. The summed E-state index contributed by atoms with van der Waals surface area (Å²) in [5.74, 6) is 1.51. The van der Waals surface area contributed by atoms with Crippen LogP contribution < -0.4 is 20.3 Å². The van der Waals surface area contributed by atoms with Crippen molar-refractivity contribution in [3.8, 4) is 11.5 Å². The second-order valence-electron chi connectivity index (χ2n) is 8.13. The lowest BCUT2D eigenvalue weighted by Crippen LogP contribution is -2.31. The minimum absolute atomic E-state index is 0.108. The summed E-state index contributed by atoms with van der Waals surface area (Å²) in [7, 11) is 0. The summed E-state index contributed by atoms with van der Waals surface area (Å²) in [6, 6.07) is 5.54. The molecule has 0 amide bonds. The van der Waals surface area contributed by atoms with Gasteiger partial charge in [0.05, 0.1) is 24.2 Å². The normalized spacial score (nSPS) is 20.7. The average Bonchev–Trinajstić information content (AvgIpc) is 3.17. The molecule has 2 aliphatic rings. The summed E-state index contributed by atoms with van der Waals surface area (Å²) >= 11 is 0. The molecule has 2 N–H and O–H groups in total. The molecule has 10 heteroatoms. The zero-order valence-electron chi connectivity index (χ0n) is 17.7. The number of hydrogen-bond acceptors (Lipinski definition) is 9. The van der Waals surface area contributed by atoms with Crippen molar-refractivity contribution in [2.45, 2.75) is 19.2 Å². The van der Waals surface area contributed by atoms with Crippen molar-refractivity contribution >= 4 is 11.2 Å². The van der Waals surface area contributed by atoms with Gasteiger partial charge in [-0.3, -0.25) is 19.2 Å². The number of aliphatic hydroxyl groups excluding tert-OH is 1. The highest BCUT2D eigenvalue weighted by atomic mass is 16.6. The van der Waals surface area contributed by atoms with E-state index in [2.05, 4.69) is 25.2 Å². The molecule has 0 aliphatic carbocycles. The number of nitrogens with zero attached hydrogens (tertiary/aromatic N) is 5. The first-order chi connectivity index (χ1) is 15.7. The average molecular weight is 438 g/mol. The summed E-state index contributed by atoms with van der Waals surface area (Å²) in [6.07, 6.45) is 4.27. The molecule has 0 spiro atoms. The Morgan fingerprint density at radius 3 is 2.88 bits per heavy atom. The van der Waals surface area contributed by atoms with Crippen LogP contribution in [0.2, 0.25) is 0 Å². The number of nitrogens with one attached hydrogen (secondary N) is 1. The Hall–Kier alpha value is -3.08. The van der Waals surface area contributed by atoms with Gasteiger partial charge in [0.2, 0.25) is 0 Å². The van der Waals surface area contributed by atoms with E-state index in [9.17, 15) is 9.90 Å². The van der Waals surface area contributed by atoms with Crippen LogP contribution in [0.3, 0.4) is 0 Å². The lowest BCUT2D eigenvalue weighted by molar-refractivity contribution is 0.140. The third-order valence-electron chi connectivity index (χ3n) is 5.92. The fourth-order valence-electron chi connectivity index (χ4n) is 4.25. The maximum atomic E-state index is 12.3. The third-order valence-corrected chi connectivity index (χ3v) is 5.92. The Labute approximate surface area is 184 Å². The van der Waals surface area contributed by atoms with Gasteiger partial charge >= 0.3 is 0 Å². The second kappa shape index (κ2) is 9.19. The van der Waals surface area contributed by atoms with Crippen LogP contribution in [0.5, 0.6) is 11.5 Å². The van der Waals surface area contributed by atoms with Crippen LogP contribution in [0.25, 0.3) is 11.2 Å². The fraction of sp³-hybridized carbons (Fsp3) is 0.455. The first-order valence-electron chi connectivity index (χ1n) is 10.8. The number of β-amino-alcohol motifs (C(OH)–C–C–N with tert-alkyl or cyclic N) is 1. The highest BCUT2D eigenvalue weighted by Crippen LogP contribution is 2.29. The minimum Gasteiger partial charge on any atom is -0.486 e. The number of likely N-dealkylation sites (tertiary alicyclic amines) is 1. The highest BCUT2D eigenvalue weighted by Gasteiger charge is 2.30. The summed E-state index contributed by atoms with van der Waals surface area (Å²) in [6.45, 7) is 4.86. The molecule has 0 radical (unpaired) electrons. The maximum Gasteiger partial charge on any atom is 0.270 e. The Bertz CT molecular complexity index is 1150. The molecule has 168 valence electrons. The molecule has 3 aromatic rings. The standard InChI is InChI=1S/C22H26N6O4/c29-18-14-27(4-5-28-21(30)12-26-17-2-1-3-24-22(17)28)13-15(18)9-23-10-16-8-19-20(11-25-16)32-7-6-31-19/h1-3,8,11-12,15,18,23,29H,4-7,9-10,13-14H2/t15-,18?/m0/s1. The number of aliphatic hydroxyl groups is 1. The molecule has 2 aliphatic heterocycles. The monoisotopic (exact) mass is 438 g/mol. The van der Waals surface area contributed by atoms with Crippen LogP contribution in [0.4, 0.5) is 0 Å². The largest absolute Gasteiger partial charge is 0.486 e. The van der Waals surface area contributed by atoms with E-state index in [1.807, 2.05) is 12.1 Å². The molecule has 1 saturated heterocycles. The Morgan fingerprint density at radius 2 is 1.97 bits per heavy atom. The van der Waals surface area contributed by atoms with E-state index in [0.717, 1.165) is 18.0 Å². The highest BCUT2D eigenvalue weighted by molar-refractivity contribution is 5.69. The van der Waals surface area contributed by atoms with Gasteiger partial charge < -0.3 is 19.9 Å². The van der Waals surface area contributed by atoms with E-state index >= 15 is 0 Å². The van der Waals surface area contributed by atoms with E-state index in [1.165, 1.54) is 6.20 Å². The summed E-state index contributed by atoms with van der Waals surface area (Å²) in [4.78, 5) is 27.3.